The summed E-state index contributed by atoms with van der Waals surface area (Å²) >= 11 is 0. The van der Waals surface area contributed by atoms with E-state index in [1.54, 1.807) is 0 Å². The number of nitrogen functional groups attached to an aromatic ring is 1. The fourth-order valence-electron chi connectivity index (χ4n) is 1.80. The molecule has 0 spiro atoms. The Kier molecular flexibility index (Phi) is 3.03. The van der Waals surface area contributed by atoms with Gasteiger partial charge in [0.25, 0.3) is 0 Å². The van der Waals surface area contributed by atoms with Crippen molar-refractivity contribution in [3.05, 3.63) is 29.8 Å². The zero-order valence-corrected chi connectivity index (χ0v) is 10.0. The first-order chi connectivity index (χ1) is 9.34. The van der Waals surface area contributed by atoms with Crippen LogP contribution >= 0.6 is 0 Å². The molecule has 0 radical (unpaired) electrons. The lowest BCUT2D eigenvalue weighted by atomic mass is 9.99. The Morgan fingerprint density at radius 1 is 0.950 bits per heavy atom. The van der Waals surface area contributed by atoms with Crippen LogP contribution in [0.5, 0.6) is 23.0 Å². The topological polar surface area (TPSA) is 144 Å². The predicted octanol–water partition coefficient (Wildman–Crippen LogP) is 1.46. The number of aromatic carboxylic acids is 1. The summed E-state index contributed by atoms with van der Waals surface area (Å²) in [6, 6.07) is 5.32. The van der Waals surface area contributed by atoms with Crippen molar-refractivity contribution in [3.8, 4) is 34.1 Å². The minimum atomic E-state index is -1.19. The van der Waals surface area contributed by atoms with Gasteiger partial charge >= 0.3 is 5.97 Å². The third-order valence-electron chi connectivity index (χ3n) is 2.83. The molecule has 0 unspecified atom stereocenters. The first-order valence-corrected chi connectivity index (χ1v) is 5.43. The molecule has 0 saturated carbocycles. The lowest BCUT2D eigenvalue weighted by Crippen LogP contribution is -1.96. The number of aromatic hydroxyl groups is 4. The lowest BCUT2D eigenvalue weighted by Gasteiger charge is -2.13. The van der Waals surface area contributed by atoms with Crippen LogP contribution in [0.3, 0.4) is 0 Å². The quantitative estimate of drug-likeness (QED) is 0.277. The van der Waals surface area contributed by atoms with E-state index in [0.717, 1.165) is 0 Å². The molecule has 0 saturated heterocycles. The standard InChI is InChI=1S/C13H11NO6/c14-8-9(15)7(10(16)12(18)11(8)17)5-2-1-3-6(4-5)13(19)20/h1-4,15-18H,14H2,(H,19,20). The largest absolute Gasteiger partial charge is 0.505 e. The predicted molar refractivity (Wildman–Crippen MR) is 69.9 cm³/mol. The Balaban J connectivity index is 2.76. The molecule has 7 N–H and O–H groups in total. The average molecular weight is 277 g/mol. The number of phenols is 4. The maximum absolute atomic E-state index is 10.9. The van der Waals surface area contributed by atoms with Gasteiger partial charge in [-0.1, -0.05) is 12.1 Å². The van der Waals surface area contributed by atoms with Crippen LogP contribution in [0.15, 0.2) is 24.3 Å². The molecular formula is C13H11NO6. The molecule has 0 aliphatic carbocycles. The van der Waals surface area contributed by atoms with Crippen LogP contribution in [0.25, 0.3) is 11.1 Å². The molecule has 0 aliphatic heterocycles. The molecule has 7 heteroatoms. The van der Waals surface area contributed by atoms with Gasteiger partial charge in [-0.15, -0.1) is 0 Å². The van der Waals surface area contributed by atoms with Gasteiger partial charge in [0, 0.05) is 0 Å². The van der Waals surface area contributed by atoms with Crippen LogP contribution in [0, 0.1) is 0 Å². The van der Waals surface area contributed by atoms with E-state index in [2.05, 4.69) is 0 Å². The van der Waals surface area contributed by atoms with E-state index in [1.807, 2.05) is 0 Å². The third-order valence-corrected chi connectivity index (χ3v) is 2.83. The Labute approximate surface area is 112 Å². The van der Waals surface area contributed by atoms with Gasteiger partial charge in [-0.05, 0) is 17.7 Å². The summed E-state index contributed by atoms with van der Waals surface area (Å²) in [5.74, 6) is -4.38. The van der Waals surface area contributed by atoms with E-state index in [0.29, 0.717) is 0 Å². The van der Waals surface area contributed by atoms with Crippen LogP contribution in [-0.2, 0) is 0 Å². The summed E-state index contributed by atoms with van der Waals surface area (Å²) in [6.45, 7) is 0. The summed E-state index contributed by atoms with van der Waals surface area (Å²) in [5.41, 5.74) is 4.67. The molecule has 20 heavy (non-hydrogen) atoms. The molecule has 0 fully saturated rings. The van der Waals surface area contributed by atoms with E-state index >= 15 is 0 Å². The highest BCUT2D eigenvalue weighted by Gasteiger charge is 2.23. The highest BCUT2D eigenvalue weighted by atomic mass is 16.4. The van der Waals surface area contributed by atoms with Crippen molar-refractivity contribution < 1.29 is 30.3 Å². The van der Waals surface area contributed by atoms with Crippen LogP contribution in [0.2, 0.25) is 0 Å². The fourth-order valence-corrected chi connectivity index (χ4v) is 1.80. The molecular weight excluding hydrogens is 266 g/mol. The van der Waals surface area contributed by atoms with Crippen LogP contribution < -0.4 is 5.73 Å². The van der Waals surface area contributed by atoms with E-state index in [-0.39, 0.29) is 16.7 Å². The molecule has 7 nitrogen and oxygen atoms in total. The number of carboxylic acids is 1. The van der Waals surface area contributed by atoms with Crippen LogP contribution in [0.1, 0.15) is 10.4 Å². The number of carboxylic acid groups (broad SMARTS) is 1. The minimum absolute atomic E-state index is 0.0764. The number of anilines is 1. The summed E-state index contributed by atoms with van der Waals surface area (Å²) in [5, 5.41) is 47.5. The third kappa shape index (κ3) is 1.91. The molecule has 0 bridgehead atoms. The van der Waals surface area contributed by atoms with E-state index in [1.165, 1.54) is 24.3 Å². The summed E-state index contributed by atoms with van der Waals surface area (Å²) < 4.78 is 0. The average Bonchev–Trinajstić information content (AvgIpc) is 2.43. The maximum Gasteiger partial charge on any atom is 0.335 e. The summed E-state index contributed by atoms with van der Waals surface area (Å²) in [6.07, 6.45) is 0. The molecule has 0 atom stereocenters. The Morgan fingerprint density at radius 2 is 1.60 bits per heavy atom. The second-order valence-electron chi connectivity index (χ2n) is 4.07. The Morgan fingerprint density at radius 3 is 2.20 bits per heavy atom. The van der Waals surface area contributed by atoms with Gasteiger partial charge < -0.3 is 31.3 Å². The van der Waals surface area contributed by atoms with Crippen molar-refractivity contribution in [2.45, 2.75) is 0 Å². The van der Waals surface area contributed by atoms with Crippen molar-refractivity contribution in [2.75, 3.05) is 5.73 Å². The number of carbonyl (C=O) groups is 1. The van der Waals surface area contributed by atoms with Gasteiger partial charge in [-0.25, -0.2) is 4.79 Å². The van der Waals surface area contributed by atoms with Crippen molar-refractivity contribution in [1.29, 1.82) is 0 Å². The highest BCUT2D eigenvalue weighted by Crippen LogP contribution is 2.52. The molecule has 0 aromatic heterocycles. The number of rotatable bonds is 2. The zero-order chi connectivity index (χ0) is 15.0. The first-order valence-electron chi connectivity index (χ1n) is 5.43. The highest BCUT2D eigenvalue weighted by molar-refractivity contribution is 5.93. The van der Waals surface area contributed by atoms with E-state index in [9.17, 15) is 25.2 Å². The van der Waals surface area contributed by atoms with Gasteiger partial charge in [0.15, 0.2) is 17.2 Å². The number of nitrogens with two attached hydrogens (primary N) is 1. The molecule has 0 heterocycles. The van der Waals surface area contributed by atoms with Gasteiger partial charge in [-0.2, -0.15) is 0 Å². The monoisotopic (exact) mass is 277 g/mol. The summed E-state index contributed by atoms with van der Waals surface area (Å²) in [7, 11) is 0. The molecule has 104 valence electrons. The van der Waals surface area contributed by atoms with Gasteiger partial charge in [0.05, 0.1) is 11.1 Å². The molecule has 0 aliphatic rings. The maximum atomic E-state index is 10.9. The second kappa shape index (κ2) is 4.54. The molecule has 0 amide bonds. The second-order valence-corrected chi connectivity index (χ2v) is 4.07. The van der Waals surface area contributed by atoms with E-state index in [4.69, 9.17) is 10.8 Å². The van der Waals surface area contributed by atoms with Crippen molar-refractivity contribution in [3.63, 3.8) is 0 Å². The van der Waals surface area contributed by atoms with E-state index < -0.39 is 34.7 Å². The minimum Gasteiger partial charge on any atom is -0.505 e. The van der Waals surface area contributed by atoms with Gasteiger partial charge in [0.2, 0.25) is 5.75 Å². The van der Waals surface area contributed by atoms with Crippen LogP contribution in [-0.4, -0.2) is 31.5 Å². The fraction of sp³-hybridized carbons (Fsp3) is 0. The van der Waals surface area contributed by atoms with Crippen LogP contribution in [0.4, 0.5) is 5.69 Å². The molecule has 2 aromatic rings. The van der Waals surface area contributed by atoms with Gasteiger partial charge in [-0.3, -0.25) is 0 Å². The normalized spacial score (nSPS) is 10.4. The number of hydrogen-bond donors (Lipinski definition) is 6. The van der Waals surface area contributed by atoms with Gasteiger partial charge in [0.1, 0.15) is 5.69 Å². The number of hydrogen-bond acceptors (Lipinski definition) is 6. The molecule has 2 rings (SSSR count). The number of benzene rings is 2. The lowest BCUT2D eigenvalue weighted by molar-refractivity contribution is 0.0697. The number of phenolic OH excluding ortho intramolecular Hbond substituents is 4. The van der Waals surface area contributed by atoms with Crippen molar-refractivity contribution in [2.24, 2.45) is 0 Å². The molecule has 2 aromatic carbocycles. The smallest absolute Gasteiger partial charge is 0.335 e. The van der Waals surface area contributed by atoms with Crippen molar-refractivity contribution in [1.82, 2.24) is 0 Å². The SMILES string of the molecule is Nc1c(O)c(O)c(O)c(-c2cccc(C(=O)O)c2)c1O. The first kappa shape index (κ1) is 13.3. The Bertz CT molecular complexity index is 681. The zero-order valence-electron chi connectivity index (χ0n) is 10.0. The van der Waals surface area contributed by atoms with Crippen molar-refractivity contribution >= 4 is 11.7 Å². The Hall–Kier alpha value is -3.09. The summed E-state index contributed by atoms with van der Waals surface area (Å²) in [4.78, 5) is 10.9.